The molecule has 0 aliphatic carbocycles. The molecule has 0 saturated carbocycles. The van der Waals surface area contributed by atoms with E-state index in [4.69, 9.17) is 25.6 Å². The van der Waals surface area contributed by atoms with E-state index in [0.29, 0.717) is 42.8 Å². The third-order valence-electron chi connectivity index (χ3n) is 6.27. The Bertz CT molecular complexity index is 1170. The standard InChI is InChI=1S/C27H33ClN4O4S/c1-34-23-10-9-20(15-24(23)35-2)26-30-25(36-31-26)17-32-12-4-7-21(16-32)27(33)29-11-5-13-37-18-19-6-3-8-22(28)14-19/h3,6,8-10,14-15,21H,4-5,7,11-13,16-18H2,1-2H3,(H,29,33). The number of piperidine rings is 1. The normalized spacial score (nSPS) is 15.9. The van der Waals surface area contributed by atoms with Crippen molar-refractivity contribution >= 4 is 29.3 Å². The molecule has 1 N–H and O–H groups in total. The summed E-state index contributed by atoms with van der Waals surface area (Å²) in [6.07, 6.45) is 2.80. The van der Waals surface area contributed by atoms with Crippen LogP contribution in [0.3, 0.4) is 0 Å². The van der Waals surface area contributed by atoms with Gasteiger partial charge in [-0.3, -0.25) is 9.69 Å². The van der Waals surface area contributed by atoms with Gasteiger partial charge in [-0.2, -0.15) is 16.7 Å². The van der Waals surface area contributed by atoms with Gasteiger partial charge in [-0.25, -0.2) is 0 Å². The van der Waals surface area contributed by atoms with Crippen LogP contribution in [-0.4, -0.2) is 60.6 Å². The second kappa shape index (κ2) is 13.7. The summed E-state index contributed by atoms with van der Waals surface area (Å²) in [6, 6.07) is 13.4. The zero-order valence-electron chi connectivity index (χ0n) is 21.2. The molecule has 0 spiro atoms. The molecule has 1 amide bonds. The lowest BCUT2D eigenvalue weighted by Gasteiger charge is -2.30. The van der Waals surface area contributed by atoms with E-state index in [2.05, 4.69) is 26.4 Å². The predicted octanol–water partition coefficient (Wildman–Crippen LogP) is 5.06. The highest BCUT2D eigenvalue weighted by atomic mass is 35.5. The Morgan fingerprint density at radius 3 is 2.89 bits per heavy atom. The van der Waals surface area contributed by atoms with Crippen molar-refractivity contribution in [1.82, 2.24) is 20.4 Å². The summed E-state index contributed by atoms with van der Waals surface area (Å²) < 4.78 is 16.2. The van der Waals surface area contributed by atoms with E-state index in [0.717, 1.165) is 47.9 Å². The fourth-order valence-corrected chi connectivity index (χ4v) is 5.48. The van der Waals surface area contributed by atoms with Gasteiger partial charge in [-0.05, 0) is 67.5 Å². The first kappa shape index (κ1) is 27.3. The molecule has 37 heavy (non-hydrogen) atoms. The van der Waals surface area contributed by atoms with Crippen LogP contribution in [0.2, 0.25) is 5.02 Å². The minimum absolute atomic E-state index is 0.0268. The predicted molar refractivity (Wildman–Crippen MR) is 146 cm³/mol. The topological polar surface area (TPSA) is 89.7 Å². The second-order valence-electron chi connectivity index (χ2n) is 8.98. The summed E-state index contributed by atoms with van der Waals surface area (Å²) in [5.41, 5.74) is 2.01. The summed E-state index contributed by atoms with van der Waals surface area (Å²) in [5, 5.41) is 8.01. The molecule has 3 aromatic rings. The lowest BCUT2D eigenvalue weighted by Crippen LogP contribution is -2.43. The Kier molecular flexibility index (Phi) is 10.1. The second-order valence-corrected chi connectivity index (χ2v) is 10.5. The Labute approximate surface area is 227 Å². The number of aromatic nitrogens is 2. The first-order chi connectivity index (χ1) is 18.1. The lowest BCUT2D eigenvalue weighted by atomic mass is 9.97. The number of ether oxygens (including phenoxy) is 2. The number of benzene rings is 2. The number of carbonyl (C=O) groups is 1. The van der Waals surface area contributed by atoms with Gasteiger partial charge >= 0.3 is 0 Å². The number of halogens is 1. The molecule has 8 nitrogen and oxygen atoms in total. The highest BCUT2D eigenvalue weighted by molar-refractivity contribution is 7.98. The van der Waals surface area contributed by atoms with E-state index < -0.39 is 0 Å². The van der Waals surface area contributed by atoms with Gasteiger partial charge in [0.05, 0.1) is 26.7 Å². The first-order valence-electron chi connectivity index (χ1n) is 12.4. The SMILES string of the molecule is COc1ccc(-c2noc(CN3CCCC(C(=O)NCCCSCc4cccc(Cl)c4)C3)n2)cc1OC. The molecule has 1 aliphatic heterocycles. The van der Waals surface area contributed by atoms with Crippen LogP contribution in [0.25, 0.3) is 11.4 Å². The summed E-state index contributed by atoms with van der Waals surface area (Å²) in [5.74, 6) is 4.29. The average Bonchev–Trinajstić information content (AvgIpc) is 3.38. The van der Waals surface area contributed by atoms with Crippen molar-refractivity contribution in [3.05, 3.63) is 58.9 Å². The number of nitrogens with one attached hydrogen (secondary N) is 1. The average molecular weight is 545 g/mol. The van der Waals surface area contributed by atoms with Crippen LogP contribution in [0.4, 0.5) is 0 Å². The molecule has 0 radical (unpaired) electrons. The molecular formula is C27H33ClN4O4S. The van der Waals surface area contributed by atoms with Gasteiger partial charge in [-0.1, -0.05) is 28.9 Å². The van der Waals surface area contributed by atoms with Gasteiger partial charge < -0.3 is 19.3 Å². The number of hydrogen-bond acceptors (Lipinski definition) is 8. The molecule has 2 heterocycles. The minimum atomic E-state index is -0.0268. The van der Waals surface area contributed by atoms with Crippen LogP contribution in [0.1, 0.15) is 30.7 Å². The van der Waals surface area contributed by atoms with Gasteiger partial charge in [0.25, 0.3) is 0 Å². The Balaban J connectivity index is 1.20. The maximum atomic E-state index is 12.8. The molecule has 1 atom stereocenters. The first-order valence-corrected chi connectivity index (χ1v) is 14.0. The van der Waals surface area contributed by atoms with E-state index in [1.54, 1.807) is 14.2 Å². The van der Waals surface area contributed by atoms with Crippen LogP contribution >= 0.6 is 23.4 Å². The molecule has 1 aromatic heterocycles. The molecule has 0 bridgehead atoms. The third kappa shape index (κ3) is 7.87. The smallest absolute Gasteiger partial charge is 0.241 e. The quantitative estimate of drug-likeness (QED) is 0.316. The van der Waals surface area contributed by atoms with Crippen molar-refractivity contribution in [2.45, 2.75) is 31.6 Å². The molecule has 2 aromatic carbocycles. The number of thioether (sulfide) groups is 1. The maximum Gasteiger partial charge on any atom is 0.241 e. The van der Waals surface area contributed by atoms with E-state index in [-0.39, 0.29) is 11.8 Å². The van der Waals surface area contributed by atoms with Crippen molar-refractivity contribution in [3.8, 4) is 22.9 Å². The molecule has 1 unspecified atom stereocenters. The van der Waals surface area contributed by atoms with E-state index >= 15 is 0 Å². The largest absolute Gasteiger partial charge is 0.493 e. The summed E-state index contributed by atoms with van der Waals surface area (Å²) in [7, 11) is 3.19. The number of hydrogen-bond donors (Lipinski definition) is 1. The number of methoxy groups -OCH3 is 2. The Hall–Kier alpha value is -2.75. The monoisotopic (exact) mass is 544 g/mol. The number of nitrogens with zero attached hydrogens (tertiary/aromatic N) is 3. The van der Waals surface area contributed by atoms with Crippen molar-refractivity contribution in [2.24, 2.45) is 5.92 Å². The lowest BCUT2D eigenvalue weighted by molar-refractivity contribution is -0.126. The molecule has 1 saturated heterocycles. The number of likely N-dealkylation sites (tertiary alicyclic amines) is 1. The number of amides is 1. The van der Waals surface area contributed by atoms with E-state index in [9.17, 15) is 4.79 Å². The minimum Gasteiger partial charge on any atom is -0.493 e. The van der Waals surface area contributed by atoms with E-state index in [1.165, 1.54) is 5.56 Å². The van der Waals surface area contributed by atoms with Gasteiger partial charge in [-0.15, -0.1) is 0 Å². The fraction of sp³-hybridized carbons (Fsp3) is 0.444. The van der Waals surface area contributed by atoms with Crippen molar-refractivity contribution < 1.29 is 18.8 Å². The summed E-state index contributed by atoms with van der Waals surface area (Å²) >= 11 is 7.89. The van der Waals surface area contributed by atoms with Crippen molar-refractivity contribution in [1.29, 1.82) is 0 Å². The third-order valence-corrected chi connectivity index (χ3v) is 7.62. The summed E-state index contributed by atoms with van der Waals surface area (Å²) in [6.45, 7) is 2.79. The van der Waals surface area contributed by atoms with E-state index in [1.807, 2.05) is 48.2 Å². The molecular weight excluding hydrogens is 512 g/mol. The van der Waals surface area contributed by atoms with Gasteiger partial charge in [0, 0.05) is 29.4 Å². The van der Waals surface area contributed by atoms with Crippen LogP contribution in [0, 0.1) is 5.92 Å². The molecule has 1 fully saturated rings. The molecule has 4 rings (SSSR count). The zero-order valence-corrected chi connectivity index (χ0v) is 22.8. The Morgan fingerprint density at radius 1 is 1.22 bits per heavy atom. The van der Waals surface area contributed by atoms with Crippen LogP contribution in [-0.2, 0) is 17.1 Å². The molecule has 1 aliphatic rings. The highest BCUT2D eigenvalue weighted by Gasteiger charge is 2.26. The Morgan fingerprint density at radius 2 is 2.08 bits per heavy atom. The van der Waals surface area contributed by atoms with Gasteiger partial charge in [0.2, 0.25) is 17.6 Å². The van der Waals surface area contributed by atoms with Gasteiger partial charge in [0.15, 0.2) is 11.5 Å². The molecule has 198 valence electrons. The fourth-order valence-electron chi connectivity index (χ4n) is 4.36. The van der Waals surface area contributed by atoms with Gasteiger partial charge in [0.1, 0.15) is 0 Å². The number of rotatable bonds is 12. The number of carbonyl (C=O) groups excluding carboxylic acids is 1. The van der Waals surface area contributed by atoms with Crippen molar-refractivity contribution in [2.75, 3.05) is 39.6 Å². The zero-order chi connectivity index (χ0) is 26.0. The summed E-state index contributed by atoms with van der Waals surface area (Å²) in [4.78, 5) is 19.5. The van der Waals surface area contributed by atoms with Crippen LogP contribution in [0.5, 0.6) is 11.5 Å². The highest BCUT2D eigenvalue weighted by Crippen LogP contribution is 2.31. The maximum absolute atomic E-state index is 12.8. The van der Waals surface area contributed by atoms with Crippen molar-refractivity contribution in [3.63, 3.8) is 0 Å². The van der Waals surface area contributed by atoms with Crippen LogP contribution < -0.4 is 14.8 Å². The van der Waals surface area contributed by atoms with Crippen LogP contribution in [0.15, 0.2) is 47.0 Å². The molecule has 10 heteroatoms.